The molecule has 1 aliphatic heterocycles. The highest BCUT2D eigenvalue weighted by atomic mass is 16.5. The van der Waals surface area contributed by atoms with Gasteiger partial charge in [-0.05, 0) is 24.5 Å². The molecule has 0 unspecified atom stereocenters. The van der Waals surface area contributed by atoms with Gasteiger partial charge < -0.3 is 15.0 Å². The highest BCUT2D eigenvalue weighted by Gasteiger charge is 2.16. The Bertz CT molecular complexity index is 570. The Labute approximate surface area is 112 Å². The molecule has 1 aliphatic rings. The van der Waals surface area contributed by atoms with Crippen LogP contribution < -0.4 is 5.32 Å². The molecular weight excluding hydrogens is 240 g/mol. The molecule has 1 aromatic heterocycles. The summed E-state index contributed by atoms with van der Waals surface area (Å²) in [5, 5.41) is 4.22. The number of fused-ring (bicyclic) bond motifs is 1. The first-order valence-corrected chi connectivity index (χ1v) is 6.75. The summed E-state index contributed by atoms with van der Waals surface area (Å²) in [7, 11) is 0. The number of para-hydroxylation sites is 1. The number of rotatable bonds is 3. The molecule has 0 saturated carbocycles. The summed E-state index contributed by atoms with van der Waals surface area (Å²) in [6.45, 7) is 1.50. The first-order chi connectivity index (χ1) is 9.33. The van der Waals surface area contributed by atoms with Crippen molar-refractivity contribution in [2.75, 3.05) is 13.2 Å². The summed E-state index contributed by atoms with van der Waals surface area (Å²) in [4.78, 5) is 15.3. The van der Waals surface area contributed by atoms with E-state index in [2.05, 4.69) is 10.3 Å². The van der Waals surface area contributed by atoms with E-state index in [1.54, 1.807) is 0 Å². The van der Waals surface area contributed by atoms with Gasteiger partial charge >= 0.3 is 0 Å². The molecule has 0 atom stereocenters. The van der Waals surface area contributed by atoms with Gasteiger partial charge in [0.05, 0.1) is 6.42 Å². The normalized spacial score (nSPS) is 16.6. The topological polar surface area (TPSA) is 54.1 Å². The second-order valence-electron chi connectivity index (χ2n) is 4.99. The molecular formula is C15H18N2O2. The van der Waals surface area contributed by atoms with Crippen molar-refractivity contribution >= 4 is 16.8 Å². The minimum atomic E-state index is 0.0941. The lowest BCUT2D eigenvalue weighted by molar-refractivity contribution is -0.121. The van der Waals surface area contributed by atoms with E-state index < -0.39 is 0 Å². The number of carbonyl (C=O) groups is 1. The third-order valence-electron chi connectivity index (χ3n) is 3.61. The van der Waals surface area contributed by atoms with Crippen molar-refractivity contribution in [3.05, 3.63) is 36.0 Å². The fourth-order valence-electron chi connectivity index (χ4n) is 2.57. The number of nitrogens with one attached hydrogen (secondary N) is 2. The molecule has 1 saturated heterocycles. The molecule has 3 rings (SSSR count). The standard InChI is InChI=1S/C15H18N2O2/c18-15(17-12-5-7-19-8-6-12)9-11-10-16-14-4-2-1-3-13(11)14/h1-4,10,12,16H,5-9H2,(H,17,18). The molecule has 2 aromatic rings. The van der Waals surface area contributed by atoms with E-state index in [1.807, 2.05) is 30.5 Å². The Kier molecular flexibility index (Phi) is 3.51. The lowest BCUT2D eigenvalue weighted by Gasteiger charge is -2.23. The van der Waals surface area contributed by atoms with Crippen LogP contribution in [0.4, 0.5) is 0 Å². The zero-order valence-corrected chi connectivity index (χ0v) is 10.8. The average molecular weight is 258 g/mol. The van der Waals surface area contributed by atoms with Gasteiger partial charge in [-0.2, -0.15) is 0 Å². The second-order valence-corrected chi connectivity index (χ2v) is 4.99. The fraction of sp³-hybridized carbons (Fsp3) is 0.400. The quantitative estimate of drug-likeness (QED) is 0.884. The van der Waals surface area contributed by atoms with Gasteiger partial charge in [-0.25, -0.2) is 0 Å². The molecule has 0 bridgehead atoms. The van der Waals surface area contributed by atoms with Gasteiger partial charge in [0.15, 0.2) is 0 Å². The Morgan fingerprint density at radius 3 is 2.95 bits per heavy atom. The molecule has 100 valence electrons. The van der Waals surface area contributed by atoms with E-state index in [4.69, 9.17) is 4.74 Å². The molecule has 4 heteroatoms. The van der Waals surface area contributed by atoms with Gasteiger partial charge in [0, 0.05) is 36.4 Å². The second kappa shape index (κ2) is 5.45. The summed E-state index contributed by atoms with van der Waals surface area (Å²) < 4.78 is 5.29. The van der Waals surface area contributed by atoms with Crippen LogP contribution in [0.3, 0.4) is 0 Å². The first-order valence-electron chi connectivity index (χ1n) is 6.75. The van der Waals surface area contributed by atoms with Crippen LogP contribution in [-0.4, -0.2) is 30.1 Å². The zero-order valence-electron chi connectivity index (χ0n) is 10.8. The third kappa shape index (κ3) is 2.79. The SMILES string of the molecule is O=C(Cc1c[nH]c2ccccc12)NC1CCOCC1. The summed E-state index contributed by atoms with van der Waals surface area (Å²) in [5.41, 5.74) is 2.14. The molecule has 2 heterocycles. The maximum atomic E-state index is 12.1. The van der Waals surface area contributed by atoms with Crippen LogP contribution in [0, 0.1) is 0 Å². The van der Waals surface area contributed by atoms with E-state index in [0.29, 0.717) is 6.42 Å². The Morgan fingerprint density at radius 2 is 2.11 bits per heavy atom. The summed E-state index contributed by atoms with van der Waals surface area (Å²) in [6, 6.07) is 8.32. The Balaban J connectivity index is 1.65. The summed E-state index contributed by atoms with van der Waals surface area (Å²) in [5.74, 6) is 0.0941. The van der Waals surface area contributed by atoms with Crippen LogP contribution in [0.5, 0.6) is 0 Å². The van der Waals surface area contributed by atoms with Crippen molar-refractivity contribution in [2.24, 2.45) is 0 Å². The van der Waals surface area contributed by atoms with Crippen LogP contribution in [0.1, 0.15) is 18.4 Å². The highest BCUT2D eigenvalue weighted by Crippen LogP contribution is 2.18. The summed E-state index contributed by atoms with van der Waals surface area (Å²) in [6.07, 6.45) is 4.19. The van der Waals surface area contributed by atoms with E-state index in [0.717, 1.165) is 42.5 Å². The maximum absolute atomic E-state index is 12.1. The molecule has 0 aliphatic carbocycles. The Morgan fingerprint density at radius 1 is 1.32 bits per heavy atom. The summed E-state index contributed by atoms with van der Waals surface area (Å²) >= 11 is 0. The molecule has 2 N–H and O–H groups in total. The maximum Gasteiger partial charge on any atom is 0.224 e. The first kappa shape index (κ1) is 12.2. The van der Waals surface area contributed by atoms with Crippen LogP contribution >= 0.6 is 0 Å². The molecule has 0 radical (unpaired) electrons. The van der Waals surface area contributed by atoms with Crippen molar-refractivity contribution in [1.29, 1.82) is 0 Å². The monoisotopic (exact) mass is 258 g/mol. The number of amides is 1. The number of aromatic amines is 1. The third-order valence-corrected chi connectivity index (χ3v) is 3.61. The van der Waals surface area contributed by atoms with Gasteiger partial charge in [0.1, 0.15) is 0 Å². The fourth-order valence-corrected chi connectivity index (χ4v) is 2.57. The van der Waals surface area contributed by atoms with Gasteiger partial charge in [-0.1, -0.05) is 18.2 Å². The lowest BCUT2D eigenvalue weighted by Crippen LogP contribution is -2.39. The van der Waals surface area contributed by atoms with E-state index in [-0.39, 0.29) is 11.9 Å². The van der Waals surface area contributed by atoms with Crippen LogP contribution in [0.2, 0.25) is 0 Å². The van der Waals surface area contributed by atoms with E-state index in [1.165, 1.54) is 0 Å². The van der Waals surface area contributed by atoms with E-state index >= 15 is 0 Å². The molecule has 1 aromatic carbocycles. The minimum Gasteiger partial charge on any atom is -0.381 e. The van der Waals surface area contributed by atoms with Crippen molar-refractivity contribution in [1.82, 2.24) is 10.3 Å². The molecule has 4 nitrogen and oxygen atoms in total. The number of hydrogen-bond donors (Lipinski definition) is 2. The van der Waals surface area contributed by atoms with Crippen LogP contribution in [0.15, 0.2) is 30.5 Å². The number of ether oxygens (including phenoxy) is 1. The zero-order chi connectivity index (χ0) is 13.1. The largest absolute Gasteiger partial charge is 0.381 e. The number of benzene rings is 1. The predicted octanol–water partition coefficient (Wildman–Crippen LogP) is 2.01. The Hall–Kier alpha value is -1.81. The molecule has 1 fully saturated rings. The van der Waals surface area contributed by atoms with Crippen molar-refractivity contribution in [2.45, 2.75) is 25.3 Å². The van der Waals surface area contributed by atoms with Gasteiger partial charge in [-0.15, -0.1) is 0 Å². The van der Waals surface area contributed by atoms with Gasteiger partial charge in [0.2, 0.25) is 5.91 Å². The molecule has 1 amide bonds. The minimum absolute atomic E-state index is 0.0941. The molecule has 19 heavy (non-hydrogen) atoms. The molecule has 0 spiro atoms. The van der Waals surface area contributed by atoms with Crippen molar-refractivity contribution in [3.63, 3.8) is 0 Å². The van der Waals surface area contributed by atoms with Gasteiger partial charge in [-0.3, -0.25) is 4.79 Å². The number of aromatic nitrogens is 1. The smallest absolute Gasteiger partial charge is 0.224 e. The number of carbonyl (C=O) groups excluding carboxylic acids is 1. The highest BCUT2D eigenvalue weighted by molar-refractivity contribution is 5.88. The average Bonchev–Trinajstić information content (AvgIpc) is 2.83. The number of hydrogen-bond acceptors (Lipinski definition) is 2. The number of H-pyrrole nitrogens is 1. The lowest BCUT2D eigenvalue weighted by atomic mass is 10.1. The van der Waals surface area contributed by atoms with Crippen LogP contribution in [0.25, 0.3) is 10.9 Å². The van der Waals surface area contributed by atoms with Crippen molar-refractivity contribution in [3.8, 4) is 0 Å². The van der Waals surface area contributed by atoms with Gasteiger partial charge in [0.25, 0.3) is 0 Å². The predicted molar refractivity (Wildman–Crippen MR) is 74.0 cm³/mol. The van der Waals surface area contributed by atoms with Crippen molar-refractivity contribution < 1.29 is 9.53 Å². The van der Waals surface area contributed by atoms with E-state index in [9.17, 15) is 4.79 Å². The van der Waals surface area contributed by atoms with Crippen LogP contribution in [-0.2, 0) is 16.0 Å².